The van der Waals surface area contributed by atoms with Crippen LogP contribution in [0.5, 0.6) is 0 Å². The summed E-state index contributed by atoms with van der Waals surface area (Å²) in [6.45, 7) is 3.45. The summed E-state index contributed by atoms with van der Waals surface area (Å²) in [5.41, 5.74) is 0.597. The van der Waals surface area contributed by atoms with Gasteiger partial charge in [-0.1, -0.05) is 6.08 Å². The molecule has 0 aromatic carbocycles. The number of hydrogen-bond acceptors (Lipinski definition) is 4. The first-order valence-corrected chi connectivity index (χ1v) is 5.25. The molecule has 96 valence electrons. The van der Waals surface area contributed by atoms with Crippen molar-refractivity contribution in [1.29, 1.82) is 0 Å². The van der Waals surface area contributed by atoms with E-state index in [9.17, 15) is 9.59 Å². The molecule has 0 bridgehead atoms. The molecule has 2 amide bonds. The quantitative estimate of drug-likeness (QED) is 0.706. The van der Waals surface area contributed by atoms with Gasteiger partial charge in [0.2, 0.25) is 0 Å². The van der Waals surface area contributed by atoms with Gasteiger partial charge in [0.15, 0.2) is 0 Å². The largest absolute Gasteiger partial charge is 0.480 e. The van der Waals surface area contributed by atoms with Crippen LogP contribution in [0.15, 0.2) is 31.0 Å². The van der Waals surface area contributed by atoms with Gasteiger partial charge in [-0.05, 0) is 12.1 Å². The minimum atomic E-state index is -1.08. The summed E-state index contributed by atoms with van der Waals surface area (Å²) in [6.07, 6.45) is 2.99. The Morgan fingerprint density at radius 3 is 2.89 bits per heavy atom. The highest BCUT2D eigenvalue weighted by Crippen LogP contribution is 1.94. The molecule has 0 aliphatic heterocycles. The summed E-state index contributed by atoms with van der Waals surface area (Å²) in [5.74, 6) is -1.08. The number of carbonyl (C=O) groups is 2. The highest BCUT2D eigenvalue weighted by Gasteiger charge is 2.14. The van der Waals surface area contributed by atoms with Crippen LogP contribution in [-0.2, 0) is 11.3 Å². The highest BCUT2D eigenvalue weighted by atomic mass is 16.4. The standard InChI is InChI=1S/C11H14N4O3/c1-2-6-15(8-10(16)17)11(18)12-7-9-4-3-5-13-14-9/h2-5H,1,6-8H2,(H,12,18)(H,16,17). The van der Waals surface area contributed by atoms with Crippen molar-refractivity contribution >= 4 is 12.0 Å². The zero-order valence-electron chi connectivity index (χ0n) is 9.74. The molecular formula is C11H14N4O3. The first-order chi connectivity index (χ1) is 8.63. The Hall–Kier alpha value is -2.44. The number of amides is 2. The molecule has 7 heteroatoms. The van der Waals surface area contributed by atoms with Gasteiger partial charge in [-0.3, -0.25) is 4.79 Å². The van der Waals surface area contributed by atoms with Gasteiger partial charge in [-0.15, -0.1) is 6.58 Å². The molecule has 0 aliphatic carbocycles. The topological polar surface area (TPSA) is 95.4 Å². The van der Waals surface area contributed by atoms with E-state index in [1.54, 1.807) is 12.1 Å². The number of rotatable bonds is 6. The second kappa shape index (κ2) is 7.00. The maximum Gasteiger partial charge on any atom is 0.323 e. The number of urea groups is 1. The van der Waals surface area contributed by atoms with E-state index < -0.39 is 12.0 Å². The Labute approximate surface area is 104 Å². The Morgan fingerprint density at radius 1 is 1.56 bits per heavy atom. The number of carboxylic acids is 1. The molecule has 0 saturated carbocycles. The average molecular weight is 250 g/mol. The fourth-order valence-corrected chi connectivity index (χ4v) is 1.24. The molecule has 2 N–H and O–H groups in total. The van der Waals surface area contributed by atoms with E-state index in [1.165, 1.54) is 12.3 Å². The van der Waals surface area contributed by atoms with Gasteiger partial charge in [0, 0.05) is 12.7 Å². The van der Waals surface area contributed by atoms with Gasteiger partial charge in [0.1, 0.15) is 6.54 Å². The van der Waals surface area contributed by atoms with E-state index in [1.807, 2.05) is 0 Å². The van der Waals surface area contributed by atoms with Crippen molar-refractivity contribution in [3.63, 3.8) is 0 Å². The van der Waals surface area contributed by atoms with Gasteiger partial charge < -0.3 is 15.3 Å². The Kier molecular flexibility index (Phi) is 5.30. The van der Waals surface area contributed by atoms with Crippen molar-refractivity contribution in [3.05, 3.63) is 36.7 Å². The van der Waals surface area contributed by atoms with Crippen molar-refractivity contribution in [2.24, 2.45) is 0 Å². The van der Waals surface area contributed by atoms with E-state index in [2.05, 4.69) is 22.1 Å². The lowest BCUT2D eigenvalue weighted by molar-refractivity contribution is -0.137. The zero-order valence-corrected chi connectivity index (χ0v) is 9.74. The van der Waals surface area contributed by atoms with Crippen molar-refractivity contribution in [2.75, 3.05) is 13.1 Å². The Balaban J connectivity index is 2.51. The second-order valence-electron chi connectivity index (χ2n) is 3.44. The summed E-state index contributed by atoms with van der Waals surface area (Å²) >= 11 is 0. The van der Waals surface area contributed by atoms with Crippen molar-refractivity contribution < 1.29 is 14.7 Å². The average Bonchev–Trinajstić information content (AvgIpc) is 2.36. The number of carboxylic acid groups (broad SMARTS) is 1. The number of nitrogens with zero attached hydrogens (tertiary/aromatic N) is 3. The van der Waals surface area contributed by atoms with Crippen LogP contribution in [0.3, 0.4) is 0 Å². The molecule has 0 radical (unpaired) electrons. The van der Waals surface area contributed by atoms with Crippen LogP contribution in [0, 0.1) is 0 Å². The molecule has 0 spiro atoms. The number of carbonyl (C=O) groups excluding carboxylic acids is 1. The zero-order chi connectivity index (χ0) is 13.4. The van der Waals surface area contributed by atoms with Gasteiger partial charge in [-0.2, -0.15) is 10.2 Å². The molecule has 0 atom stereocenters. The van der Waals surface area contributed by atoms with Gasteiger partial charge in [0.05, 0.1) is 12.2 Å². The fourth-order valence-electron chi connectivity index (χ4n) is 1.24. The maximum atomic E-state index is 11.7. The molecule has 7 nitrogen and oxygen atoms in total. The van der Waals surface area contributed by atoms with Crippen molar-refractivity contribution in [3.8, 4) is 0 Å². The molecule has 1 aromatic heterocycles. The van der Waals surface area contributed by atoms with E-state index in [4.69, 9.17) is 5.11 Å². The highest BCUT2D eigenvalue weighted by molar-refractivity contribution is 5.80. The van der Waals surface area contributed by atoms with Crippen molar-refractivity contribution in [1.82, 2.24) is 20.4 Å². The molecule has 1 rings (SSSR count). The minimum absolute atomic E-state index is 0.165. The predicted octanol–water partition coefficient (Wildman–Crippen LogP) is 0.259. The van der Waals surface area contributed by atoms with E-state index >= 15 is 0 Å². The summed E-state index contributed by atoms with van der Waals surface area (Å²) < 4.78 is 0. The van der Waals surface area contributed by atoms with Crippen LogP contribution in [0.1, 0.15) is 5.69 Å². The summed E-state index contributed by atoms with van der Waals surface area (Å²) in [6, 6.07) is 2.93. The fraction of sp³-hybridized carbons (Fsp3) is 0.273. The van der Waals surface area contributed by atoms with Crippen LogP contribution < -0.4 is 5.32 Å². The minimum Gasteiger partial charge on any atom is -0.480 e. The van der Waals surface area contributed by atoms with Crippen molar-refractivity contribution in [2.45, 2.75) is 6.54 Å². The normalized spacial score (nSPS) is 9.56. The van der Waals surface area contributed by atoms with E-state index in [0.29, 0.717) is 5.69 Å². The summed E-state index contributed by atoms with van der Waals surface area (Å²) in [4.78, 5) is 23.4. The third-order valence-electron chi connectivity index (χ3n) is 2.01. The molecule has 18 heavy (non-hydrogen) atoms. The smallest absolute Gasteiger partial charge is 0.323 e. The molecular weight excluding hydrogens is 236 g/mol. The van der Waals surface area contributed by atoms with E-state index in [-0.39, 0.29) is 19.6 Å². The lowest BCUT2D eigenvalue weighted by Crippen LogP contribution is -2.42. The van der Waals surface area contributed by atoms with Crippen LogP contribution >= 0.6 is 0 Å². The molecule has 0 saturated heterocycles. The third-order valence-corrected chi connectivity index (χ3v) is 2.01. The van der Waals surface area contributed by atoms with E-state index in [0.717, 1.165) is 4.90 Å². The Morgan fingerprint density at radius 2 is 2.33 bits per heavy atom. The molecule has 0 unspecified atom stereocenters. The second-order valence-corrected chi connectivity index (χ2v) is 3.44. The van der Waals surface area contributed by atoms with Crippen LogP contribution in [0.25, 0.3) is 0 Å². The first-order valence-electron chi connectivity index (χ1n) is 5.25. The Bertz CT molecular complexity index is 422. The van der Waals surface area contributed by atoms with Gasteiger partial charge >= 0.3 is 12.0 Å². The molecule has 0 aliphatic rings. The van der Waals surface area contributed by atoms with Crippen LogP contribution in [0.4, 0.5) is 4.79 Å². The maximum absolute atomic E-state index is 11.7. The predicted molar refractivity (Wildman–Crippen MR) is 63.7 cm³/mol. The molecule has 0 fully saturated rings. The monoisotopic (exact) mass is 250 g/mol. The lowest BCUT2D eigenvalue weighted by atomic mass is 10.4. The third kappa shape index (κ3) is 4.60. The first kappa shape index (κ1) is 13.6. The summed E-state index contributed by atoms with van der Waals surface area (Å²) in [5, 5.41) is 18.7. The van der Waals surface area contributed by atoms with Gasteiger partial charge in [0.25, 0.3) is 0 Å². The SMILES string of the molecule is C=CCN(CC(=O)O)C(=O)NCc1cccnn1. The number of hydrogen-bond donors (Lipinski definition) is 2. The van der Waals surface area contributed by atoms with Crippen LogP contribution in [0.2, 0.25) is 0 Å². The molecule has 1 heterocycles. The van der Waals surface area contributed by atoms with Gasteiger partial charge in [-0.25, -0.2) is 4.79 Å². The lowest BCUT2D eigenvalue weighted by Gasteiger charge is -2.19. The number of aliphatic carboxylic acids is 1. The molecule has 1 aromatic rings. The van der Waals surface area contributed by atoms with Crippen LogP contribution in [-0.4, -0.2) is 45.3 Å². The summed E-state index contributed by atoms with van der Waals surface area (Å²) in [7, 11) is 0. The number of nitrogens with one attached hydrogen (secondary N) is 1. The number of aromatic nitrogens is 2.